The molecule has 3 fully saturated rings. The smallest absolute Gasteiger partial charge is 0.347 e. The Kier molecular flexibility index (Phi) is 15.1. The Morgan fingerprint density at radius 1 is 0.758 bits per heavy atom. The zero-order valence-electron chi connectivity index (χ0n) is 37.4. The van der Waals surface area contributed by atoms with Crippen molar-refractivity contribution in [3.63, 3.8) is 0 Å². The van der Waals surface area contributed by atoms with E-state index in [1.165, 1.54) is 17.7 Å². The number of nitrogens with zero attached hydrogens (tertiary/aromatic N) is 3. The minimum atomic E-state index is -2.10. The molecule has 5 aromatic rings. The van der Waals surface area contributed by atoms with Crippen molar-refractivity contribution in [2.45, 2.75) is 56.8 Å². The van der Waals surface area contributed by atoms with E-state index in [4.69, 9.17) is 9.47 Å². The number of rotatable bonds is 16. The molecule has 1 aromatic heterocycles. The number of aliphatic hydroxyl groups excluding tert-OH is 1. The van der Waals surface area contributed by atoms with Crippen molar-refractivity contribution in [2.75, 3.05) is 65.6 Å². The quantitative estimate of drug-likeness (QED) is 0.0831. The number of phenols is 1. The Hall–Kier alpha value is -6.06. The van der Waals surface area contributed by atoms with Crippen molar-refractivity contribution >= 4 is 28.7 Å². The maximum atomic E-state index is 13.9. The summed E-state index contributed by atoms with van der Waals surface area (Å²) >= 11 is 0. The first-order valence-corrected chi connectivity index (χ1v) is 23.3. The second kappa shape index (κ2) is 21.5. The Labute approximate surface area is 385 Å². The number of ether oxygens (including phenoxy) is 2. The second-order valence-electron chi connectivity index (χ2n) is 18.1. The topological polar surface area (TPSA) is 185 Å². The van der Waals surface area contributed by atoms with E-state index in [0.717, 1.165) is 45.3 Å². The molecule has 348 valence electrons. The standard InChI is InChI=1S/C52H61N5O9/c58-45-16-14-43(44-15-17-47(60)54-49(44)45)46(59)32-53-31-36-20-26-57(27-21-36)50(62)39-22-28-56(29-23-39)48(61)35-65-42-13-7-12-41(30-42)52(64,40-10-5-2-6-11-40)51(63)66-34-38-18-24-55(25-19-38)33-37-8-3-1-4-9-37/h1-17,30,36,38-39,46,53,58-59,64H,18-29,31-35H2,(H,54,60)/t46-,52-/m0/s1. The molecule has 3 aliphatic heterocycles. The summed E-state index contributed by atoms with van der Waals surface area (Å²) in [5, 5.41) is 37.3. The van der Waals surface area contributed by atoms with Crippen molar-refractivity contribution in [1.82, 2.24) is 25.0 Å². The predicted octanol–water partition coefficient (Wildman–Crippen LogP) is 5.10. The van der Waals surface area contributed by atoms with Crippen LogP contribution in [0.2, 0.25) is 0 Å². The van der Waals surface area contributed by atoms with Gasteiger partial charge >= 0.3 is 5.97 Å². The largest absolute Gasteiger partial charge is 0.506 e. The van der Waals surface area contributed by atoms with E-state index in [9.17, 15) is 34.5 Å². The molecule has 0 bridgehead atoms. The van der Waals surface area contributed by atoms with E-state index in [1.807, 2.05) is 29.2 Å². The molecule has 0 unspecified atom stereocenters. The van der Waals surface area contributed by atoms with Crippen LogP contribution < -0.4 is 15.6 Å². The van der Waals surface area contributed by atoms with Crippen molar-refractivity contribution in [2.24, 2.45) is 17.8 Å². The van der Waals surface area contributed by atoms with Gasteiger partial charge in [-0.05, 0) is 111 Å². The van der Waals surface area contributed by atoms with E-state index in [2.05, 4.69) is 27.3 Å². The van der Waals surface area contributed by atoms with E-state index in [0.29, 0.717) is 85.8 Å². The van der Waals surface area contributed by atoms with E-state index >= 15 is 0 Å². The van der Waals surface area contributed by atoms with Gasteiger partial charge in [0.25, 0.3) is 5.91 Å². The molecule has 5 N–H and O–H groups in total. The van der Waals surface area contributed by atoms with Gasteiger partial charge in [0.05, 0.1) is 18.2 Å². The molecule has 14 heteroatoms. The number of aromatic nitrogens is 1. The van der Waals surface area contributed by atoms with Crippen molar-refractivity contribution < 1.29 is 39.2 Å². The van der Waals surface area contributed by atoms with E-state index in [-0.39, 0.29) is 53.7 Å². The second-order valence-corrected chi connectivity index (χ2v) is 18.1. The molecule has 0 spiro atoms. The van der Waals surface area contributed by atoms with Gasteiger partial charge in [-0.15, -0.1) is 0 Å². The number of piperidine rings is 3. The average molecular weight is 900 g/mol. The van der Waals surface area contributed by atoms with Crippen molar-refractivity contribution in [1.29, 1.82) is 0 Å². The van der Waals surface area contributed by atoms with Gasteiger partial charge in [0.1, 0.15) is 11.5 Å². The first-order chi connectivity index (χ1) is 32.0. The molecule has 8 rings (SSSR count). The van der Waals surface area contributed by atoms with Crippen LogP contribution in [0.25, 0.3) is 10.9 Å². The van der Waals surface area contributed by atoms with Crippen LogP contribution in [0.1, 0.15) is 66.9 Å². The van der Waals surface area contributed by atoms with Crippen LogP contribution in [0.4, 0.5) is 0 Å². The molecule has 3 saturated heterocycles. The van der Waals surface area contributed by atoms with Crippen LogP contribution in [0.3, 0.4) is 0 Å². The Balaban J connectivity index is 0.769. The number of hydrogen-bond donors (Lipinski definition) is 5. The number of phenolic OH excluding ortho intramolecular Hbond substituents is 1. The average Bonchev–Trinajstić information content (AvgIpc) is 3.36. The minimum Gasteiger partial charge on any atom is -0.506 e. The number of amides is 2. The van der Waals surface area contributed by atoms with Gasteiger partial charge in [-0.1, -0.05) is 78.9 Å². The molecule has 0 aliphatic carbocycles. The van der Waals surface area contributed by atoms with Gasteiger partial charge in [-0.3, -0.25) is 19.3 Å². The lowest BCUT2D eigenvalue weighted by Crippen LogP contribution is -2.48. The van der Waals surface area contributed by atoms with Gasteiger partial charge < -0.3 is 44.9 Å². The third-order valence-corrected chi connectivity index (χ3v) is 13.7. The third kappa shape index (κ3) is 11.1. The number of likely N-dealkylation sites (tertiary alicyclic amines) is 3. The highest BCUT2D eigenvalue weighted by Crippen LogP contribution is 2.34. The first kappa shape index (κ1) is 46.5. The van der Waals surface area contributed by atoms with Crippen molar-refractivity contribution in [3.8, 4) is 11.5 Å². The first-order valence-electron chi connectivity index (χ1n) is 23.3. The lowest BCUT2D eigenvalue weighted by molar-refractivity contribution is -0.164. The number of carbonyl (C=O) groups is 3. The zero-order valence-corrected chi connectivity index (χ0v) is 37.4. The highest BCUT2D eigenvalue weighted by atomic mass is 16.5. The molecule has 3 aliphatic rings. The highest BCUT2D eigenvalue weighted by Gasteiger charge is 2.42. The van der Waals surface area contributed by atoms with E-state index < -0.39 is 17.7 Å². The summed E-state index contributed by atoms with van der Waals surface area (Å²) in [6, 6.07) is 31.8. The third-order valence-electron chi connectivity index (χ3n) is 13.7. The van der Waals surface area contributed by atoms with Gasteiger partial charge in [-0.25, -0.2) is 4.79 Å². The molecular weight excluding hydrogens is 839 g/mol. The fourth-order valence-electron chi connectivity index (χ4n) is 9.66. The normalized spacial score (nSPS) is 18.2. The fraction of sp³-hybridized carbons (Fsp3) is 0.423. The highest BCUT2D eigenvalue weighted by molar-refractivity contribution is 5.88. The number of esters is 1. The van der Waals surface area contributed by atoms with Crippen LogP contribution in [-0.4, -0.2) is 118 Å². The van der Waals surface area contributed by atoms with Crippen LogP contribution in [0.15, 0.2) is 114 Å². The number of nitrogens with one attached hydrogen (secondary N) is 2. The Morgan fingerprint density at radius 3 is 2.15 bits per heavy atom. The monoisotopic (exact) mass is 899 g/mol. The number of pyridine rings is 1. The Morgan fingerprint density at radius 2 is 1.42 bits per heavy atom. The number of benzene rings is 4. The summed E-state index contributed by atoms with van der Waals surface area (Å²) in [4.78, 5) is 61.3. The molecule has 2 atom stereocenters. The van der Waals surface area contributed by atoms with Crippen LogP contribution in [0, 0.1) is 17.8 Å². The molecule has 66 heavy (non-hydrogen) atoms. The molecular formula is C52H61N5O9. The zero-order chi connectivity index (χ0) is 46.0. The number of carbonyl (C=O) groups excluding carboxylic acids is 3. The summed E-state index contributed by atoms with van der Waals surface area (Å²) in [6.45, 7) is 5.86. The minimum absolute atomic E-state index is 0.0507. The van der Waals surface area contributed by atoms with Gasteiger partial charge in [-0.2, -0.15) is 0 Å². The summed E-state index contributed by atoms with van der Waals surface area (Å²) in [5.41, 5.74) is 0.407. The molecule has 2 amide bonds. The number of fused-ring (bicyclic) bond motifs is 1. The number of aromatic hydroxyl groups is 1. The lowest BCUT2D eigenvalue weighted by Gasteiger charge is -2.37. The summed E-state index contributed by atoms with van der Waals surface area (Å²) in [6.07, 6.45) is 3.75. The maximum Gasteiger partial charge on any atom is 0.347 e. The van der Waals surface area contributed by atoms with Gasteiger partial charge in [0.15, 0.2) is 6.61 Å². The predicted molar refractivity (Wildman–Crippen MR) is 249 cm³/mol. The van der Waals surface area contributed by atoms with Crippen LogP contribution in [-0.2, 0) is 31.3 Å². The van der Waals surface area contributed by atoms with Crippen LogP contribution in [0.5, 0.6) is 11.5 Å². The fourth-order valence-corrected chi connectivity index (χ4v) is 9.66. The summed E-state index contributed by atoms with van der Waals surface area (Å²) in [5.74, 6) is -0.184. The molecule has 0 saturated carbocycles. The molecule has 14 nitrogen and oxygen atoms in total. The number of aromatic amines is 1. The number of aliphatic hydroxyl groups is 2. The lowest BCUT2D eigenvalue weighted by atomic mass is 9.86. The SMILES string of the molecule is O=C(COc1cccc([C@](O)(C(=O)OCC2CCN(Cc3ccccc3)CC2)c2ccccc2)c1)N1CCC(C(=O)N2CCC(CNC[C@H](O)c3ccc(O)c4[nH]c(=O)ccc34)CC2)CC1. The number of H-pyrrole nitrogens is 1. The summed E-state index contributed by atoms with van der Waals surface area (Å²) in [7, 11) is 0. The van der Waals surface area contributed by atoms with Crippen molar-refractivity contribution in [3.05, 3.63) is 142 Å². The van der Waals surface area contributed by atoms with Gasteiger partial charge in [0, 0.05) is 62.2 Å². The molecule has 0 radical (unpaired) electrons. The molecule has 4 heterocycles. The number of hydrogen-bond acceptors (Lipinski definition) is 11. The van der Waals surface area contributed by atoms with E-state index in [1.54, 1.807) is 65.6 Å². The van der Waals surface area contributed by atoms with Crippen LogP contribution >= 0.6 is 0 Å². The molecule has 4 aromatic carbocycles. The van der Waals surface area contributed by atoms with Gasteiger partial charge in [0.2, 0.25) is 17.1 Å². The summed E-state index contributed by atoms with van der Waals surface area (Å²) < 4.78 is 11.9. The maximum absolute atomic E-state index is 13.9. The Bertz CT molecular complexity index is 2480.